The minimum atomic E-state index is -0.0833. The number of hydrogen-bond acceptors (Lipinski definition) is 4. The number of carbonyl (C=O) groups is 1. The third kappa shape index (κ3) is 3.82. The van der Waals surface area contributed by atoms with Crippen molar-refractivity contribution in [2.45, 2.75) is 13.5 Å². The molecule has 0 fully saturated rings. The lowest BCUT2D eigenvalue weighted by molar-refractivity contribution is 0.0954. The van der Waals surface area contributed by atoms with E-state index < -0.39 is 0 Å². The summed E-state index contributed by atoms with van der Waals surface area (Å²) in [5, 5.41) is 11.7. The second-order valence-electron chi connectivity index (χ2n) is 4.27. The summed E-state index contributed by atoms with van der Waals surface area (Å²) in [4.78, 5) is 13.8. The summed E-state index contributed by atoms with van der Waals surface area (Å²) in [5.74, 6) is 0.601. The third-order valence-corrected chi connectivity index (χ3v) is 3.72. The Morgan fingerprint density at radius 2 is 2.10 bits per heavy atom. The number of para-hydroxylation sites is 1. The average molecular weight is 291 g/mol. The van der Waals surface area contributed by atoms with Crippen LogP contribution in [0.5, 0.6) is 5.75 Å². The second kappa shape index (κ2) is 7.07. The van der Waals surface area contributed by atoms with E-state index in [1.54, 1.807) is 0 Å². The first-order chi connectivity index (χ1) is 9.70. The van der Waals surface area contributed by atoms with Gasteiger partial charge in [0, 0.05) is 17.0 Å². The number of aliphatic hydroxyl groups is 1. The van der Waals surface area contributed by atoms with Crippen LogP contribution < -0.4 is 10.1 Å². The van der Waals surface area contributed by atoms with Crippen molar-refractivity contribution in [1.29, 1.82) is 0 Å². The van der Waals surface area contributed by atoms with Crippen molar-refractivity contribution in [2.75, 3.05) is 13.2 Å². The molecule has 1 aromatic carbocycles. The minimum Gasteiger partial charge on any atom is -0.491 e. The summed E-state index contributed by atoms with van der Waals surface area (Å²) in [6, 6.07) is 11.2. The van der Waals surface area contributed by atoms with Crippen LogP contribution in [0.3, 0.4) is 0 Å². The van der Waals surface area contributed by atoms with Gasteiger partial charge in [0.05, 0.1) is 11.5 Å². The Balaban J connectivity index is 1.98. The molecular weight excluding hydrogens is 274 g/mol. The highest BCUT2D eigenvalue weighted by Gasteiger charge is 2.09. The Morgan fingerprint density at radius 3 is 2.80 bits per heavy atom. The van der Waals surface area contributed by atoms with E-state index in [1.165, 1.54) is 11.3 Å². The van der Waals surface area contributed by atoms with Crippen LogP contribution in [0.2, 0.25) is 0 Å². The number of thiophene rings is 1. The molecule has 1 heterocycles. The molecule has 0 saturated carbocycles. The standard InChI is InChI=1S/C15H17NO3S/c1-11-6-7-14(20-11)15(18)16-10-12-4-2-3-5-13(12)19-9-8-17/h2-7,17H,8-10H2,1H3,(H,16,18). The number of aryl methyl sites for hydroxylation is 1. The van der Waals surface area contributed by atoms with Gasteiger partial charge in [-0.1, -0.05) is 18.2 Å². The van der Waals surface area contributed by atoms with Crippen molar-refractivity contribution in [3.63, 3.8) is 0 Å². The zero-order valence-corrected chi connectivity index (χ0v) is 12.1. The molecule has 0 saturated heterocycles. The predicted octanol–water partition coefficient (Wildman–Crippen LogP) is 2.36. The molecule has 0 atom stereocenters. The molecule has 0 radical (unpaired) electrons. The van der Waals surface area contributed by atoms with Crippen molar-refractivity contribution in [3.8, 4) is 5.75 Å². The van der Waals surface area contributed by atoms with Gasteiger partial charge in [-0.2, -0.15) is 0 Å². The fourth-order valence-electron chi connectivity index (χ4n) is 1.77. The molecule has 5 heteroatoms. The molecule has 0 aliphatic heterocycles. The van der Waals surface area contributed by atoms with E-state index in [4.69, 9.17) is 9.84 Å². The normalized spacial score (nSPS) is 10.3. The molecule has 2 rings (SSSR count). The zero-order valence-electron chi connectivity index (χ0n) is 11.3. The smallest absolute Gasteiger partial charge is 0.261 e. The van der Waals surface area contributed by atoms with Crippen molar-refractivity contribution < 1.29 is 14.6 Å². The topological polar surface area (TPSA) is 58.6 Å². The molecule has 2 aromatic rings. The lowest BCUT2D eigenvalue weighted by Crippen LogP contribution is -2.22. The van der Waals surface area contributed by atoms with Gasteiger partial charge in [-0.05, 0) is 25.1 Å². The first-order valence-electron chi connectivity index (χ1n) is 6.37. The van der Waals surface area contributed by atoms with E-state index in [9.17, 15) is 4.79 Å². The van der Waals surface area contributed by atoms with Crippen LogP contribution >= 0.6 is 11.3 Å². The first kappa shape index (κ1) is 14.6. The van der Waals surface area contributed by atoms with Crippen LogP contribution in [0.4, 0.5) is 0 Å². The minimum absolute atomic E-state index is 0.0326. The van der Waals surface area contributed by atoms with Crippen LogP contribution in [0.15, 0.2) is 36.4 Å². The largest absolute Gasteiger partial charge is 0.491 e. The van der Waals surface area contributed by atoms with Gasteiger partial charge in [-0.3, -0.25) is 4.79 Å². The predicted molar refractivity (Wildman–Crippen MR) is 79.2 cm³/mol. The summed E-state index contributed by atoms with van der Waals surface area (Å²) in [7, 11) is 0. The lowest BCUT2D eigenvalue weighted by Gasteiger charge is -2.11. The number of rotatable bonds is 6. The van der Waals surface area contributed by atoms with Gasteiger partial charge < -0.3 is 15.2 Å². The highest BCUT2D eigenvalue weighted by Crippen LogP contribution is 2.19. The Bertz CT molecular complexity index is 580. The Kier molecular flexibility index (Phi) is 5.15. The van der Waals surface area contributed by atoms with Gasteiger partial charge in [0.2, 0.25) is 0 Å². The number of aliphatic hydroxyl groups excluding tert-OH is 1. The SMILES string of the molecule is Cc1ccc(C(=O)NCc2ccccc2OCCO)s1. The molecule has 0 aliphatic carbocycles. The number of amides is 1. The average Bonchev–Trinajstić information content (AvgIpc) is 2.90. The van der Waals surface area contributed by atoms with E-state index in [-0.39, 0.29) is 19.1 Å². The molecule has 0 unspecified atom stereocenters. The Morgan fingerprint density at radius 1 is 1.30 bits per heavy atom. The van der Waals surface area contributed by atoms with Crippen molar-refractivity contribution in [1.82, 2.24) is 5.32 Å². The summed E-state index contributed by atoms with van der Waals surface area (Å²) in [6.07, 6.45) is 0. The number of ether oxygens (including phenoxy) is 1. The van der Waals surface area contributed by atoms with E-state index in [0.717, 1.165) is 10.4 Å². The number of benzene rings is 1. The highest BCUT2D eigenvalue weighted by atomic mass is 32.1. The lowest BCUT2D eigenvalue weighted by atomic mass is 10.2. The molecular formula is C15H17NO3S. The maximum absolute atomic E-state index is 12.0. The molecule has 1 aromatic heterocycles. The van der Waals surface area contributed by atoms with Gasteiger partial charge in [0.1, 0.15) is 12.4 Å². The maximum Gasteiger partial charge on any atom is 0.261 e. The number of carbonyl (C=O) groups excluding carboxylic acids is 1. The van der Waals surface area contributed by atoms with Gasteiger partial charge in [-0.15, -0.1) is 11.3 Å². The Hall–Kier alpha value is -1.85. The molecule has 0 spiro atoms. The van der Waals surface area contributed by atoms with E-state index in [2.05, 4.69) is 5.32 Å². The molecule has 0 bridgehead atoms. The van der Waals surface area contributed by atoms with Crippen LogP contribution in [0.25, 0.3) is 0 Å². The van der Waals surface area contributed by atoms with E-state index in [1.807, 2.05) is 43.3 Å². The fourth-order valence-corrected chi connectivity index (χ4v) is 2.55. The van der Waals surface area contributed by atoms with Crippen molar-refractivity contribution >= 4 is 17.2 Å². The number of hydrogen-bond donors (Lipinski definition) is 2. The van der Waals surface area contributed by atoms with Gasteiger partial charge in [-0.25, -0.2) is 0 Å². The molecule has 4 nitrogen and oxygen atoms in total. The molecule has 106 valence electrons. The second-order valence-corrected chi connectivity index (χ2v) is 5.56. The number of nitrogens with one attached hydrogen (secondary N) is 1. The van der Waals surface area contributed by atoms with E-state index >= 15 is 0 Å². The van der Waals surface area contributed by atoms with Crippen LogP contribution in [0.1, 0.15) is 20.1 Å². The Labute approximate surface area is 122 Å². The maximum atomic E-state index is 12.0. The molecule has 1 amide bonds. The van der Waals surface area contributed by atoms with E-state index in [0.29, 0.717) is 17.2 Å². The third-order valence-electron chi connectivity index (χ3n) is 2.73. The van der Waals surface area contributed by atoms with Gasteiger partial charge in [0.15, 0.2) is 0 Å². The summed E-state index contributed by atoms with van der Waals surface area (Å²) in [6.45, 7) is 2.58. The summed E-state index contributed by atoms with van der Waals surface area (Å²) < 4.78 is 5.43. The van der Waals surface area contributed by atoms with Crippen LogP contribution in [-0.4, -0.2) is 24.2 Å². The zero-order chi connectivity index (χ0) is 14.4. The fraction of sp³-hybridized carbons (Fsp3) is 0.267. The molecule has 2 N–H and O–H groups in total. The van der Waals surface area contributed by atoms with Gasteiger partial charge in [0.25, 0.3) is 5.91 Å². The van der Waals surface area contributed by atoms with Crippen LogP contribution in [-0.2, 0) is 6.54 Å². The molecule has 0 aliphatic rings. The van der Waals surface area contributed by atoms with Crippen molar-refractivity contribution in [2.24, 2.45) is 0 Å². The first-order valence-corrected chi connectivity index (χ1v) is 7.18. The molecule has 20 heavy (non-hydrogen) atoms. The van der Waals surface area contributed by atoms with Crippen molar-refractivity contribution in [3.05, 3.63) is 51.7 Å². The van der Waals surface area contributed by atoms with Gasteiger partial charge >= 0.3 is 0 Å². The monoisotopic (exact) mass is 291 g/mol. The van der Waals surface area contributed by atoms with Crippen LogP contribution in [0, 0.1) is 6.92 Å². The quantitative estimate of drug-likeness (QED) is 0.859. The highest BCUT2D eigenvalue weighted by molar-refractivity contribution is 7.13. The summed E-state index contributed by atoms with van der Waals surface area (Å²) in [5.41, 5.74) is 0.891. The summed E-state index contributed by atoms with van der Waals surface area (Å²) >= 11 is 1.47.